The van der Waals surface area contributed by atoms with Gasteiger partial charge in [-0.2, -0.15) is 4.98 Å². The Morgan fingerprint density at radius 2 is 2.04 bits per heavy atom. The van der Waals surface area contributed by atoms with Gasteiger partial charge in [0.1, 0.15) is 0 Å². The fourth-order valence-corrected chi connectivity index (χ4v) is 3.99. The largest absolute Gasteiger partial charge is 0.381 e. The van der Waals surface area contributed by atoms with Gasteiger partial charge < -0.3 is 19.5 Å². The summed E-state index contributed by atoms with van der Waals surface area (Å²) in [5.41, 5.74) is 0.880. The molecule has 1 unspecified atom stereocenters. The van der Waals surface area contributed by atoms with Crippen molar-refractivity contribution in [1.82, 2.24) is 20.4 Å². The molecule has 7 heteroatoms. The molecule has 1 N–H and O–H groups in total. The lowest BCUT2D eigenvalue weighted by atomic mass is 9.72. The first-order chi connectivity index (χ1) is 12.2. The van der Waals surface area contributed by atoms with Crippen molar-refractivity contribution < 1.29 is 14.1 Å². The molecule has 7 nitrogen and oxygen atoms in total. The first-order valence-electron chi connectivity index (χ1n) is 8.65. The monoisotopic (exact) mass is 342 g/mol. The van der Waals surface area contributed by atoms with Gasteiger partial charge in [0.15, 0.2) is 0 Å². The molecule has 0 radical (unpaired) electrons. The van der Waals surface area contributed by atoms with Crippen LogP contribution >= 0.6 is 0 Å². The van der Waals surface area contributed by atoms with E-state index in [0.717, 1.165) is 18.4 Å². The summed E-state index contributed by atoms with van der Waals surface area (Å²) < 4.78 is 11.2. The topological polar surface area (TPSA) is 80.5 Å². The lowest BCUT2D eigenvalue weighted by Gasteiger charge is -2.36. The number of hydrogen-bond acceptors (Lipinski definition) is 5. The van der Waals surface area contributed by atoms with Crippen LogP contribution in [0.25, 0.3) is 11.4 Å². The molecule has 2 fully saturated rings. The Bertz CT molecular complexity index is 740. The number of amides is 2. The van der Waals surface area contributed by atoms with Gasteiger partial charge in [-0.3, -0.25) is 0 Å². The summed E-state index contributed by atoms with van der Waals surface area (Å²) in [6, 6.07) is 9.73. The predicted octanol–water partition coefficient (Wildman–Crippen LogP) is 2.27. The van der Waals surface area contributed by atoms with Gasteiger partial charge in [0, 0.05) is 44.3 Å². The maximum absolute atomic E-state index is 12.2. The molecule has 2 aliphatic rings. The van der Waals surface area contributed by atoms with E-state index in [0.29, 0.717) is 38.0 Å². The van der Waals surface area contributed by atoms with E-state index in [1.54, 1.807) is 7.05 Å². The van der Waals surface area contributed by atoms with Crippen LogP contribution in [0.1, 0.15) is 24.7 Å². The summed E-state index contributed by atoms with van der Waals surface area (Å²) in [5.74, 6) is 1.25. The number of aromatic nitrogens is 2. The summed E-state index contributed by atoms with van der Waals surface area (Å²) in [5, 5.41) is 6.88. The average Bonchev–Trinajstić information content (AvgIpc) is 3.28. The van der Waals surface area contributed by atoms with Crippen molar-refractivity contribution in [1.29, 1.82) is 0 Å². The lowest BCUT2D eigenvalue weighted by molar-refractivity contribution is 0.00945. The van der Waals surface area contributed by atoms with Gasteiger partial charge in [-0.05, 0) is 12.8 Å². The molecule has 1 aromatic carbocycles. The van der Waals surface area contributed by atoms with Crippen molar-refractivity contribution in [3.63, 3.8) is 0 Å². The molecule has 3 heterocycles. The molecule has 2 aromatic rings. The first kappa shape index (κ1) is 16.1. The molecule has 0 saturated carbocycles. The minimum atomic E-state index is -0.0591. The highest BCUT2D eigenvalue weighted by atomic mass is 16.5. The maximum Gasteiger partial charge on any atom is 0.317 e. The van der Waals surface area contributed by atoms with Gasteiger partial charge in [0.2, 0.25) is 11.7 Å². The normalized spacial score (nSPS) is 22.3. The van der Waals surface area contributed by atoms with Crippen LogP contribution in [0, 0.1) is 5.41 Å². The Kier molecular flexibility index (Phi) is 4.17. The highest BCUT2D eigenvalue weighted by Crippen LogP contribution is 2.49. The highest BCUT2D eigenvalue weighted by molar-refractivity contribution is 5.74. The molecule has 2 amide bonds. The van der Waals surface area contributed by atoms with Crippen LogP contribution in [-0.2, 0) is 4.74 Å². The standard InChI is InChI=1S/C18H22N4O3/c1-19-17(23)22-11-14(18(12-22)7-9-24-10-8-18)16-20-15(21-25-16)13-5-3-2-4-6-13/h2-6,14H,7-12H2,1H3,(H,19,23). The number of nitrogens with one attached hydrogen (secondary N) is 1. The Balaban J connectivity index is 1.65. The van der Waals surface area contributed by atoms with Gasteiger partial charge >= 0.3 is 6.03 Å². The molecule has 1 aromatic heterocycles. The average molecular weight is 342 g/mol. The van der Waals surface area contributed by atoms with Crippen molar-refractivity contribution >= 4 is 6.03 Å². The van der Waals surface area contributed by atoms with Gasteiger partial charge in [-0.15, -0.1) is 0 Å². The van der Waals surface area contributed by atoms with Crippen LogP contribution < -0.4 is 5.32 Å². The third kappa shape index (κ3) is 2.89. The van der Waals surface area contributed by atoms with E-state index in [2.05, 4.69) is 15.5 Å². The molecular weight excluding hydrogens is 320 g/mol. The minimum Gasteiger partial charge on any atom is -0.381 e. The van der Waals surface area contributed by atoms with Crippen molar-refractivity contribution in [2.45, 2.75) is 18.8 Å². The number of likely N-dealkylation sites (tertiary alicyclic amines) is 1. The third-order valence-electron chi connectivity index (χ3n) is 5.41. The number of ether oxygens (including phenoxy) is 1. The Morgan fingerprint density at radius 3 is 2.76 bits per heavy atom. The maximum atomic E-state index is 12.2. The zero-order valence-corrected chi connectivity index (χ0v) is 14.3. The Hall–Kier alpha value is -2.41. The fraction of sp³-hybridized carbons (Fsp3) is 0.500. The van der Waals surface area contributed by atoms with Gasteiger partial charge in [0.05, 0.1) is 5.92 Å². The molecule has 132 valence electrons. The summed E-state index contributed by atoms with van der Waals surface area (Å²) in [7, 11) is 1.66. The predicted molar refractivity (Wildman–Crippen MR) is 91.0 cm³/mol. The molecule has 2 saturated heterocycles. The van der Waals surface area contributed by atoms with E-state index in [4.69, 9.17) is 9.26 Å². The number of rotatable bonds is 2. The van der Waals surface area contributed by atoms with Crippen LogP contribution in [0.2, 0.25) is 0 Å². The molecule has 1 atom stereocenters. The Labute approximate surface area is 146 Å². The SMILES string of the molecule is CNC(=O)N1CC(c2nc(-c3ccccc3)no2)C2(CCOCC2)C1. The highest BCUT2D eigenvalue weighted by Gasteiger charge is 2.51. The third-order valence-corrected chi connectivity index (χ3v) is 5.41. The number of carbonyl (C=O) groups excluding carboxylic acids is 1. The van der Waals surface area contributed by atoms with Crippen LogP contribution in [0.5, 0.6) is 0 Å². The Morgan fingerprint density at radius 1 is 1.28 bits per heavy atom. The second-order valence-corrected chi connectivity index (χ2v) is 6.79. The molecule has 0 aliphatic carbocycles. The van der Waals surface area contributed by atoms with Crippen molar-refractivity contribution in [3.05, 3.63) is 36.2 Å². The second kappa shape index (κ2) is 6.48. The fourth-order valence-electron chi connectivity index (χ4n) is 3.99. The van der Waals surface area contributed by atoms with Crippen LogP contribution in [0.4, 0.5) is 4.79 Å². The minimum absolute atomic E-state index is 0.0404. The summed E-state index contributed by atoms with van der Waals surface area (Å²) in [6.07, 6.45) is 1.79. The summed E-state index contributed by atoms with van der Waals surface area (Å²) in [6.45, 7) is 2.70. The molecule has 25 heavy (non-hydrogen) atoms. The zero-order valence-electron chi connectivity index (χ0n) is 14.3. The number of hydrogen-bond donors (Lipinski definition) is 1. The second-order valence-electron chi connectivity index (χ2n) is 6.79. The van der Waals surface area contributed by atoms with Crippen molar-refractivity contribution in [2.24, 2.45) is 5.41 Å². The zero-order chi connectivity index (χ0) is 17.3. The van der Waals surface area contributed by atoms with E-state index >= 15 is 0 Å². The number of urea groups is 1. The summed E-state index contributed by atoms with van der Waals surface area (Å²) in [4.78, 5) is 18.7. The summed E-state index contributed by atoms with van der Waals surface area (Å²) >= 11 is 0. The van der Waals surface area contributed by atoms with Crippen molar-refractivity contribution in [3.8, 4) is 11.4 Å². The van der Waals surface area contributed by atoms with Crippen LogP contribution in [-0.4, -0.2) is 54.4 Å². The number of nitrogens with zero attached hydrogens (tertiary/aromatic N) is 3. The molecule has 4 rings (SSSR count). The van der Waals surface area contributed by atoms with Crippen LogP contribution in [0.15, 0.2) is 34.9 Å². The van der Waals surface area contributed by atoms with Crippen LogP contribution in [0.3, 0.4) is 0 Å². The quantitative estimate of drug-likeness (QED) is 0.905. The smallest absolute Gasteiger partial charge is 0.317 e. The molecule has 0 bridgehead atoms. The van der Waals surface area contributed by atoms with Gasteiger partial charge in [-0.1, -0.05) is 35.5 Å². The molecular formula is C18H22N4O3. The molecule has 1 spiro atoms. The number of benzene rings is 1. The van der Waals surface area contributed by atoms with E-state index in [1.165, 1.54) is 0 Å². The van der Waals surface area contributed by atoms with E-state index in [-0.39, 0.29) is 17.4 Å². The van der Waals surface area contributed by atoms with E-state index < -0.39 is 0 Å². The lowest BCUT2D eigenvalue weighted by Crippen LogP contribution is -2.40. The number of carbonyl (C=O) groups is 1. The van der Waals surface area contributed by atoms with Gasteiger partial charge in [-0.25, -0.2) is 4.79 Å². The van der Waals surface area contributed by atoms with Crippen molar-refractivity contribution in [2.75, 3.05) is 33.4 Å². The molecule has 2 aliphatic heterocycles. The van der Waals surface area contributed by atoms with E-state index in [9.17, 15) is 4.79 Å². The van der Waals surface area contributed by atoms with Gasteiger partial charge in [0.25, 0.3) is 0 Å². The van der Waals surface area contributed by atoms with E-state index in [1.807, 2.05) is 35.2 Å². The first-order valence-corrected chi connectivity index (χ1v) is 8.65.